The Balaban J connectivity index is 1.96. The van der Waals surface area contributed by atoms with E-state index in [0.717, 1.165) is 30.7 Å². The lowest BCUT2D eigenvalue weighted by Gasteiger charge is -2.27. The van der Waals surface area contributed by atoms with Gasteiger partial charge in [0.2, 0.25) is 5.91 Å². The fraction of sp³-hybridized carbons (Fsp3) is 0.556. The number of carbonyl (C=O) groups is 2. The molecule has 6 nitrogen and oxygen atoms in total. The van der Waals surface area contributed by atoms with Gasteiger partial charge in [-0.2, -0.15) is 0 Å². The maximum atomic E-state index is 12.6. The fourth-order valence-corrected chi connectivity index (χ4v) is 3.05. The Morgan fingerprint density at radius 3 is 2.67 bits per heavy atom. The van der Waals surface area contributed by atoms with Crippen LogP contribution in [-0.2, 0) is 9.59 Å². The molecule has 24 heavy (non-hydrogen) atoms. The van der Waals surface area contributed by atoms with E-state index in [9.17, 15) is 9.59 Å². The zero-order chi connectivity index (χ0) is 17.5. The largest absolute Gasteiger partial charge is 0.494 e. The van der Waals surface area contributed by atoms with Crippen molar-refractivity contribution >= 4 is 11.9 Å². The van der Waals surface area contributed by atoms with Gasteiger partial charge in [0.25, 0.3) is 0 Å². The summed E-state index contributed by atoms with van der Waals surface area (Å²) in [7, 11) is 1.78. The lowest BCUT2D eigenvalue weighted by atomic mass is 10.0. The summed E-state index contributed by atoms with van der Waals surface area (Å²) >= 11 is 0. The zero-order valence-corrected chi connectivity index (χ0v) is 14.4. The van der Waals surface area contributed by atoms with E-state index in [4.69, 9.17) is 9.84 Å². The van der Waals surface area contributed by atoms with Crippen LogP contribution < -0.4 is 4.74 Å². The van der Waals surface area contributed by atoms with Crippen molar-refractivity contribution in [3.8, 4) is 5.75 Å². The predicted octanol–water partition coefficient (Wildman–Crippen LogP) is 2.16. The van der Waals surface area contributed by atoms with Crippen LogP contribution in [-0.4, -0.2) is 60.1 Å². The Labute approximate surface area is 143 Å². The fourth-order valence-electron chi connectivity index (χ4n) is 3.05. The Morgan fingerprint density at radius 1 is 1.33 bits per heavy atom. The number of nitrogens with zero attached hydrogens (tertiary/aromatic N) is 2. The predicted molar refractivity (Wildman–Crippen MR) is 91.0 cm³/mol. The molecular formula is C18H26N2O4. The SMILES string of the molecule is CCOc1ccc(C2CCCN2C(=O)CN(C)CCC(=O)O)cc1. The molecule has 1 N–H and O–H groups in total. The minimum absolute atomic E-state index is 0.0477. The van der Waals surface area contributed by atoms with Crippen molar-refractivity contribution in [2.45, 2.75) is 32.2 Å². The zero-order valence-electron chi connectivity index (χ0n) is 14.4. The second-order valence-electron chi connectivity index (χ2n) is 6.13. The van der Waals surface area contributed by atoms with Crippen LogP contribution in [0.1, 0.15) is 37.8 Å². The normalized spacial score (nSPS) is 17.3. The number of hydrogen-bond donors (Lipinski definition) is 1. The molecule has 1 aromatic carbocycles. The average Bonchev–Trinajstić information content (AvgIpc) is 3.03. The van der Waals surface area contributed by atoms with Crippen LogP contribution in [0, 0.1) is 0 Å². The summed E-state index contributed by atoms with van der Waals surface area (Å²) in [6.45, 7) is 3.97. The van der Waals surface area contributed by atoms with Gasteiger partial charge in [0.1, 0.15) is 5.75 Å². The molecule has 0 bridgehead atoms. The Hall–Kier alpha value is -2.08. The number of carboxylic acids is 1. The molecule has 1 atom stereocenters. The van der Waals surface area contributed by atoms with E-state index in [2.05, 4.69) is 0 Å². The van der Waals surface area contributed by atoms with Crippen LogP contribution in [0.5, 0.6) is 5.75 Å². The summed E-state index contributed by atoms with van der Waals surface area (Å²) in [5, 5.41) is 8.73. The molecule has 1 heterocycles. The van der Waals surface area contributed by atoms with Crippen LogP contribution in [0.4, 0.5) is 0 Å². The van der Waals surface area contributed by atoms with Gasteiger partial charge in [-0.25, -0.2) is 0 Å². The third kappa shape index (κ3) is 4.96. The molecule has 1 aliphatic heterocycles. The molecule has 0 spiro atoms. The van der Waals surface area contributed by atoms with Gasteiger partial charge in [-0.3, -0.25) is 14.5 Å². The number of likely N-dealkylation sites (tertiary alicyclic amines) is 1. The quantitative estimate of drug-likeness (QED) is 0.789. The van der Waals surface area contributed by atoms with E-state index in [1.807, 2.05) is 36.1 Å². The summed E-state index contributed by atoms with van der Waals surface area (Å²) in [5.41, 5.74) is 1.12. The lowest BCUT2D eigenvalue weighted by molar-refractivity contribution is -0.138. The van der Waals surface area contributed by atoms with Crippen molar-refractivity contribution in [3.05, 3.63) is 29.8 Å². The molecule has 6 heteroatoms. The molecule has 0 aromatic heterocycles. The van der Waals surface area contributed by atoms with Crippen molar-refractivity contribution in [3.63, 3.8) is 0 Å². The Bertz CT molecular complexity index is 559. The molecule has 0 radical (unpaired) electrons. The van der Waals surface area contributed by atoms with Crippen LogP contribution in [0.3, 0.4) is 0 Å². The number of rotatable bonds is 8. The standard InChI is InChI=1S/C18H26N2O4/c1-3-24-15-8-6-14(7-9-15)16-5-4-11-20(16)17(21)13-19(2)12-10-18(22)23/h6-9,16H,3-5,10-13H2,1-2H3,(H,22,23). The molecule has 2 rings (SSSR count). The summed E-state index contributed by atoms with van der Waals surface area (Å²) < 4.78 is 5.46. The van der Waals surface area contributed by atoms with Crippen LogP contribution in [0.25, 0.3) is 0 Å². The minimum Gasteiger partial charge on any atom is -0.494 e. The third-order valence-corrected chi connectivity index (χ3v) is 4.26. The number of likely N-dealkylation sites (N-methyl/N-ethyl adjacent to an activating group) is 1. The van der Waals surface area contributed by atoms with E-state index in [0.29, 0.717) is 13.2 Å². The topological polar surface area (TPSA) is 70.1 Å². The van der Waals surface area contributed by atoms with Crippen molar-refractivity contribution in [1.82, 2.24) is 9.80 Å². The highest BCUT2D eigenvalue weighted by atomic mass is 16.5. The summed E-state index contributed by atoms with van der Waals surface area (Å²) in [4.78, 5) is 26.9. The second kappa shape index (κ2) is 8.68. The molecular weight excluding hydrogens is 308 g/mol. The summed E-state index contributed by atoms with van der Waals surface area (Å²) in [6.07, 6.45) is 1.99. The maximum Gasteiger partial charge on any atom is 0.304 e. The van der Waals surface area contributed by atoms with Gasteiger partial charge in [0.05, 0.1) is 25.6 Å². The molecule has 1 aromatic rings. The van der Waals surface area contributed by atoms with Gasteiger partial charge >= 0.3 is 5.97 Å². The molecule has 1 fully saturated rings. The number of carbonyl (C=O) groups excluding carboxylic acids is 1. The monoisotopic (exact) mass is 334 g/mol. The number of ether oxygens (including phenoxy) is 1. The number of carboxylic acid groups (broad SMARTS) is 1. The summed E-state index contributed by atoms with van der Waals surface area (Å²) in [6, 6.07) is 8.03. The van der Waals surface area contributed by atoms with Crippen LogP contribution in [0.15, 0.2) is 24.3 Å². The Morgan fingerprint density at radius 2 is 2.04 bits per heavy atom. The van der Waals surface area contributed by atoms with E-state index in [1.165, 1.54) is 0 Å². The van der Waals surface area contributed by atoms with Crippen molar-refractivity contribution < 1.29 is 19.4 Å². The van der Waals surface area contributed by atoms with Gasteiger partial charge in [0.15, 0.2) is 0 Å². The molecule has 132 valence electrons. The first-order valence-corrected chi connectivity index (χ1v) is 8.43. The van der Waals surface area contributed by atoms with Gasteiger partial charge in [-0.05, 0) is 44.5 Å². The number of benzene rings is 1. The van der Waals surface area contributed by atoms with E-state index in [1.54, 1.807) is 11.9 Å². The van der Waals surface area contributed by atoms with Crippen molar-refractivity contribution in [2.24, 2.45) is 0 Å². The van der Waals surface area contributed by atoms with Crippen molar-refractivity contribution in [1.29, 1.82) is 0 Å². The number of amides is 1. The highest BCUT2D eigenvalue weighted by molar-refractivity contribution is 5.79. The summed E-state index contributed by atoms with van der Waals surface area (Å²) in [5.74, 6) is 0.0486. The molecule has 1 unspecified atom stereocenters. The van der Waals surface area contributed by atoms with E-state index < -0.39 is 5.97 Å². The first kappa shape index (κ1) is 18.3. The highest BCUT2D eigenvalue weighted by Gasteiger charge is 2.30. The highest BCUT2D eigenvalue weighted by Crippen LogP contribution is 2.32. The Kier molecular flexibility index (Phi) is 6.61. The number of aliphatic carboxylic acids is 1. The molecule has 1 aliphatic rings. The minimum atomic E-state index is -0.845. The number of hydrogen-bond acceptors (Lipinski definition) is 4. The molecule has 1 saturated heterocycles. The van der Waals surface area contributed by atoms with Crippen molar-refractivity contribution in [2.75, 3.05) is 33.3 Å². The molecule has 0 saturated carbocycles. The smallest absolute Gasteiger partial charge is 0.304 e. The van der Waals surface area contributed by atoms with E-state index in [-0.39, 0.29) is 24.9 Å². The van der Waals surface area contributed by atoms with Gasteiger partial charge < -0.3 is 14.7 Å². The van der Waals surface area contributed by atoms with Gasteiger partial charge in [0, 0.05) is 13.1 Å². The maximum absolute atomic E-state index is 12.6. The van der Waals surface area contributed by atoms with Gasteiger partial charge in [-0.15, -0.1) is 0 Å². The lowest BCUT2D eigenvalue weighted by Crippen LogP contribution is -2.39. The first-order valence-electron chi connectivity index (χ1n) is 8.43. The van der Waals surface area contributed by atoms with E-state index >= 15 is 0 Å². The van der Waals surface area contributed by atoms with Crippen LogP contribution >= 0.6 is 0 Å². The average molecular weight is 334 g/mol. The molecule has 0 aliphatic carbocycles. The second-order valence-corrected chi connectivity index (χ2v) is 6.13. The first-order chi connectivity index (χ1) is 11.5. The molecule has 1 amide bonds. The third-order valence-electron chi connectivity index (χ3n) is 4.26. The van der Waals surface area contributed by atoms with Crippen LogP contribution in [0.2, 0.25) is 0 Å². The van der Waals surface area contributed by atoms with Gasteiger partial charge in [-0.1, -0.05) is 12.1 Å².